The first-order valence-corrected chi connectivity index (χ1v) is 6.98. The Morgan fingerprint density at radius 2 is 1.85 bits per heavy atom. The fourth-order valence-electron chi connectivity index (χ4n) is 2.73. The molecule has 20 heavy (non-hydrogen) atoms. The van der Waals surface area contributed by atoms with E-state index in [0.717, 1.165) is 11.0 Å². The molecule has 0 bridgehead atoms. The van der Waals surface area contributed by atoms with Crippen molar-refractivity contribution in [3.63, 3.8) is 0 Å². The van der Waals surface area contributed by atoms with Crippen molar-refractivity contribution < 1.29 is 0 Å². The molecule has 4 rings (SSSR count). The van der Waals surface area contributed by atoms with E-state index >= 15 is 0 Å². The van der Waals surface area contributed by atoms with Gasteiger partial charge in [0, 0.05) is 12.0 Å². The second-order valence-electron chi connectivity index (χ2n) is 5.30. The summed E-state index contributed by atoms with van der Waals surface area (Å²) in [6.07, 6.45) is 1.21. The molecule has 4 nitrogen and oxygen atoms in total. The van der Waals surface area contributed by atoms with Gasteiger partial charge in [0.1, 0.15) is 5.52 Å². The van der Waals surface area contributed by atoms with Crippen LogP contribution >= 0.6 is 0 Å². The second kappa shape index (κ2) is 4.72. The Kier molecular flexibility index (Phi) is 2.74. The van der Waals surface area contributed by atoms with Crippen molar-refractivity contribution in [1.82, 2.24) is 20.3 Å². The van der Waals surface area contributed by atoms with E-state index in [1.54, 1.807) is 0 Å². The number of benzene rings is 2. The van der Waals surface area contributed by atoms with Crippen LogP contribution in [0.3, 0.4) is 0 Å². The minimum absolute atomic E-state index is 0.556. The summed E-state index contributed by atoms with van der Waals surface area (Å²) >= 11 is 0. The standard InChI is InChI=1S/C16H16N4/c1-2-6-12(7-3-1)13-10-15(13)17-11-20-16-9-5-4-8-14(16)18-19-20/h1-9,13,15,17H,10-11H2. The molecule has 2 unspecified atom stereocenters. The Morgan fingerprint density at radius 3 is 2.75 bits per heavy atom. The number of aromatic nitrogens is 3. The summed E-state index contributed by atoms with van der Waals surface area (Å²) in [6.45, 7) is 0.717. The zero-order valence-electron chi connectivity index (χ0n) is 11.1. The lowest BCUT2D eigenvalue weighted by Gasteiger charge is -2.05. The fraction of sp³-hybridized carbons (Fsp3) is 0.250. The Bertz CT molecular complexity index is 719. The van der Waals surface area contributed by atoms with Gasteiger partial charge in [-0.2, -0.15) is 0 Å². The highest BCUT2D eigenvalue weighted by Gasteiger charge is 2.37. The highest BCUT2D eigenvalue weighted by atomic mass is 15.5. The average molecular weight is 264 g/mol. The highest BCUT2D eigenvalue weighted by molar-refractivity contribution is 5.73. The van der Waals surface area contributed by atoms with Gasteiger partial charge < -0.3 is 0 Å². The molecule has 3 aromatic rings. The van der Waals surface area contributed by atoms with Crippen LogP contribution in [0.4, 0.5) is 0 Å². The molecule has 1 aliphatic carbocycles. The number of para-hydroxylation sites is 1. The zero-order valence-corrected chi connectivity index (χ0v) is 11.1. The van der Waals surface area contributed by atoms with Crippen molar-refractivity contribution in [2.75, 3.05) is 0 Å². The molecule has 1 aromatic heterocycles. The van der Waals surface area contributed by atoms with Gasteiger partial charge in [-0.05, 0) is 24.1 Å². The SMILES string of the molecule is c1ccc(C2CC2NCn2nnc3ccccc32)cc1. The van der Waals surface area contributed by atoms with Gasteiger partial charge in [0.25, 0.3) is 0 Å². The van der Waals surface area contributed by atoms with Gasteiger partial charge >= 0.3 is 0 Å². The van der Waals surface area contributed by atoms with Crippen LogP contribution in [0.1, 0.15) is 17.9 Å². The first-order valence-electron chi connectivity index (χ1n) is 6.98. The van der Waals surface area contributed by atoms with E-state index in [4.69, 9.17) is 0 Å². The van der Waals surface area contributed by atoms with Crippen molar-refractivity contribution in [3.8, 4) is 0 Å². The monoisotopic (exact) mass is 264 g/mol. The molecule has 1 aliphatic rings. The molecule has 1 heterocycles. The number of fused-ring (bicyclic) bond motifs is 1. The summed E-state index contributed by atoms with van der Waals surface area (Å²) in [5.41, 5.74) is 3.45. The first-order chi connectivity index (χ1) is 9.92. The Labute approximate surface area is 117 Å². The molecule has 2 atom stereocenters. The predicted octanol–water partition coefficient (Wildman–Crippen LogP) is 2.53. The van der Waals surface area contributed by atoms with Crippen molar-refractivity contribution in [3.05, 3.63) is 60.2 Å². The summed E-state index contributed by atoms with van der Waals surface area (Å²) in [7, 11) is 0. The maximum Gasteiger partial charge on any atom is 0.113 e. The molecule has 0 saturated heterocycles. The van der Waals surface area contributed by atoms with E-state index in [2.05, 4.69) is 52.0 Å². The van der Waals surface area contributed by atoms with E-state index in [9.17, 15) is 0 Å². The van der Waals surface area contributed by atoms with Crippen molar-refractivity contribution in [2.24, 2.45) is 0 Å². The van der Waals surface area contributed by atoms with Crippen LogP contribution in [-0.4, -0.2) is 21.0 Å². The van der Waals surface area contributed by atoms with E-state index in [1.165, 1.54) is 12.0 Å². The summed E-state index contributed by atoms with van der Waals surface area (Å²) in [4.78, 5) is 0. The van der Waals surface area contributed by atoms with Crippen molar-refractivity contribution in [2.45, 2.75) is 25.0 Å². The highest BCUT2D eigenvalue weighted by Crippen LogP contribution is 2.40. The van der Waals surface area contributed by atoms with Crippen LogP contribution in [-0.2, 0) is 6.67 Å². The first kappa shape index (κ1) is 11.6. The van der Waals surface area contributed by atoms with Crippen LogP contribution in [0, 0.1) is 0 Å². The van der Waals surface area contributed by atoms with Crippen LogP contribution in [0.5, 0.6) is 0 Å². The minimum Gasteiger partial charge on any atom is -0.295 e. The number of hydrogen-bond donors (Lipinski definition) is 1. The van der Waals surface area contributed by atoms with Gasteiger partial charge in [0.2, 0.25) is 0 Å². The predicted molar refractivity (Wildman–Crippen MR) is 78.3 cm³/mol. The summed E-state index contributed by atoms with van der Waals surface area (Å²) < 4.78 is 1.93. The Hall–Kier alpha value is -2.20. The van der Waals surface area contributed by atoms with Crippen molar-refractivity contribution >= 4 is 11.0 Å². The molecular weight excluding hydrogens is 248 g/mol. The van der Waals surface area contributed by atoms with Crippen LogP contribution in [0.15, 0.2) is 54.6 Å². The topological polar surface area (TPSA) is 42.7 Å². The Balaban J connectivity index is 1.43. The van der Waals surface area contributed by atoms with Gasteiger partial charge in [-0.25, -0.2) is 4.68 Å². The van der Waals surface area contributed by atoms with Gasteiger partial charge in [-0.3, -0.25) is 5.32 Å². The molecule has 100 valence electrons. The molecule has 0 amide bonds. The third-order valence-corrected chi connectivity index (χ3v) is 3.94. The van der Waals surface area contributed by atoms with Crippen molar-refractivity contribution in [1.29, 1.82) is 0 Å². The fourth-order valence-corrected chi connectivity index (χ4v) is 2.73. The van der Waals surface area contributed by atoms with E-state index in [0.29, 0.717) is 18.6 Å². The van der Waals surface area contributed by atoms with Gasteiger partial charge in [-0.1, -0.05) is 47.7 Å². The van der Waals surface area contributed by atoms with Gasteiger partial charge in [0.05, 0.1) is 12.2 Å². The van der Waals surface area contributed by atoms with E-state index in [1.807, 2.05) is 22.9 Å². The number of hydrogen-bond acceptors (Lipinski definition) is 3. The van der Waals surface area contributed by atoms with E-state index in [-0.39, 0.29) is 0 Å². The lowest BCUT2D eigenvalue weighted by Crippen LogP contribution is -2.22. The largest absolute Gasteiger partial charge is 0.295 e. The molecule has 1 saturated carbocycles. The molecule has 0 radical (unpaired) electrons. The summed E-state index contributed by atoms with van der Waals surface area (Å²) in [6, 6.07) is 19.3. The van der Waals surface area contributed by atoms with Crippen LogP contribution in [0.25, 0.3) is 11.0 Å². The summed E-state index contributed by atoms with van der Waals surface area (Å²) in [5, 5.41) is 11.9. The second-order valence-corrected chi connectivity index (χ2v) is 5.30. The van der Waals surface area contributed by atoms with E-state index < -0.39 is 0 Å². The zero-order chi connectivity index (χ0) is 13.4. The quantitative estimate of drug-likeness (QED) is 0.787. The van der Waals surface area contributed by atoms with Gasteiger partial charge in [0.15, 0.2) is 0 Å². The number of nitrogens with zero attached hydrogens (tertiary/aromatic N) is 3. The molecule has 1 N–H and O–H groups in total. The number of rotatable bonds is 4. The lowest BCUT2D eigenvalue weighted by atomic mass is 10.1. The lowest BCUT2D eigenvalue weighted by molar-refractivity contribution is 0.503. The summed E-state index contributed by atoms with van der Waals surface area (Å²) in [5.74, 6) is 0.644. The van der Waals surface area contributed by atoms with Crippen LogP contribution in [0.2, 0.25) is 0 Å². The normalized spacial score (nSPS) is 21.2. The third kappa shape index (κ3) is 2.08. The average Bonchev–Trinajstić information content (AvgIpc) is 3.18. The Morgan fingerprint density at radius 1 is 1.05 bits per heavy atom. The molecule has 0 aliphatic heterocycles. The molecular formula is C16H16N4. The maximum absolute atomic E-state index is 4.20. The molecule has 0 spiro atoms. The number of nitrogens with one attached hydrogen (secondary N) is 1. The molecule has 2 aromatic carbocycles. The maximum atomic E-state index is 4.20. The van der Waals surface area contributed by atoms with Crippen LogP contribution < -0.4 is 5.32 Å². The smallest absolute Gasteiger partial charge is 0.113 e. The minimum atomic E-state index is 0.556. The molecule has 1 fully saturated rings. The third-order valence-electron chi connectivity index (χ3n) is 3.94. The van der Waals surface area contributed by atoms with Gasteiger partial charge in [-0.15, -0.1) is 5.10 Å². The molecule has 4 heteroatoms.